The molecule has 3 aromatic carbocycles. The predicted octanol–water partition coefficient (Wildman–Crippen LogP) is 6.03. The van der Waals surface area contributed by atoms with Crippen LogP contribution in [0.5, 0.6) is 11.5 Å². The van der Waals surface area contributed by atoms with Gasteiger partial charge in [0.1, 0.15) is 22.3 Å². The second-order valence-corrected chi connectivity index (χ2v) is 22.3. The number of para-hydroxylation sites is 1. The summed E-state index contributed by atoms with van der Waals surface area (Å²) in [6.07, 6.45) is 7.31. The molecule has 19 nitrogen and oxygen atoms in total. The molecule has 0 spiro atoms. The van der Waals surface area contributed by atoms with Crippen LogP contribution < -0.4 is 46.3 Å². The number of hydrogen-bond donors (Lipinski definition) is 6. The van der Waals surface area contributed by atoms with Gasteiger partial charge in [-0.15, -0.1) is 11.3 Å². The molecule has 0 radical (unpaired) electrons. The molecule has 2 aromatic heterocycles. The zero-order chi connectivity index (χ0) is 54.3. The van der Waals surface area contributed by atoms with E-state index in [9.17, 15) is 33.6 Å². The Morgan fingerprint density at radius 2 is 1.58 bits per heavy atom. The molecule has 1 aliphatic carbocycles. The van der Waals surface area contributed by atoms with Gasteiger partial charge in [-0.25, -0.2) is 9.97 Å². The van der Waals surface area contributed by atoms with E-state index in [1.165, 1.54) is 11.3 Å². The number of fused-ring (bicyclic) bond motifs is 2. The summed E-state index contributed by atoms with van der Waals surface area (Å²) < 4.78 is 13.5. The quantitative estimate of drug-likeness (QED) is 0.0355. The lowest BCUT2D eigenvalue weighted by molar-refractivity contribution is -0.147. The van der Waals surface area contributed by atoms with Crippen molar-refractivity contribution in [3.05, 3.63) is 95.1 Å². The number of nitrogens with one attached hydrogen (secondary N) is 6. The summed E-state index contributed by atoms with van der Waals surface area (Å²) in [6, 6.07) is 21.9. The molecule has 6 N–H and O–H groups in total. The Kier molecular flexibility index (Phi) is 16.8. The molecule has 7 amide bonds. The van der Waals surface area contributed by atoms with Gasteiger partial charge in [0.2, 0.25) is 35.4 Å². The molecular formula is C57H65ClN10O9S. The number of anilines is 2. The van der Waals surface area contributed by atoms with Crippen molar-refractivity contribution >= 4 is 86.0 Å². The molecule has 78 heavy (non-hydrogen) atoms. The number of carbonyl (C=O) groups is 7. The Morgan fingerprint density at radius 3 is 2.32 bits per heavy atom. The Balaban J connectivity index is 0.642. The van der Waals surface area contributed by atoms with Crippen LogP contribution in [0.4, 0.5) is 11.5 Å². The molecule has 3 saturated heterocycles. The minimum Gasteiger partial charge on any atom is -0.477 e. The van der Waals surface area contributed by atoms with E-state index in [-0.39, 0.29) is 98.2 Å². The summed E-state index contributed by atoms with van der Waals surface area (Å²) in [4.78, 5) is 105. The summed E-state index contributed by atoms with van der Waals surface area (Å²) in [7, 11) is 1.56. The van der Waals surface area contributed by atoms with Gasteiger partial charge in [0.25, 0.3) is 5.91 Å². The maximum Gasteiger partial charge on any atom is 0.264 e. The molecule has 10 rings (SSSR count). The highest BCUT2D eigenvalue weighted by atomic mass is 35.5. The van der Waals surface area contributed by atoms with Crippen molar-refractivity contribution in [2.75, 3.05) is 69.8 Å². The first-order valence-corrected chi connectivity index (χ1v) is 28.3. The van der Waals surface area contributed by atoms with Gasteiger partial charge >= 0.3 is 0 Å². The molecule has 0 bridgehead atoms. The van der Waals surface area contributed by atoms with Crippen molar-refractivity contribution in [1.82, 2.24) is 41.5 Å². The van der Waals surface area contributed by atoms with Crippen LogP contribution in [0, 0.1) is 17.8 Å². The van der Waals surface area contributed by atoms with Crippen molar-refractivity contribution in [3.8, 4) is 22.1 Å². The van der Waals surface area contributed by atoms with Gasteiger partial charge < -0.3 is 45.9 Å². The number of pyridine rings is 1. The summed E-state index contributed by atoms with van der Waals surface area (Å²) in [5.74, 6) is -0.718. The first-order valence-electron chi connectivity index (χ1n) is 27.1. The molecule has 1 saturated carbocycles. The number of aromatic nitrogens is 2. The number of amides is 7. The lowest BCUT2D eigenvalue weighted by Gasteiger charge is -2.42. The number of rotatable bonds is 17. The van der Waals surface area contributed by atoms with Gasteiger partial charge in [0.15, 0.2) is 12.3 Å². The van der Waals surface area contributed by atoms with E-state index < -0.39 is 11.5 Å². The van der Waals surface area contributed by atoms with Crippen molar-refractivity contribution in [1.29, 1.82) is 0 Å². The zero-order valence-corrected chi connectivity index (χ0v) is 45.1. The van der Waals surface area contributed by atoms with E-state index in [2.05, 4.69) is 41.8 Å². The third-order valence-electron chi connectivity index (χ3n) is 16.0. The van der Waals surface area contributed by atoms with Crippen LogP contribution in [0.15, 0.2) is 79.0 Å². The van der Waals surface area contributed by atoms with E-state index >= 15 is 0 Å². The van der Waals surface area contributed by atoms with E-state index in [1.54, 1.807) is 36.3 Å². The Labute approximate surface area is 461 Å². The monoisotopic (exact) mass is 1100 g/mol. The molecule has 1 unspecified atom stereocenters. The Morgan fingerprint density at radius 1 is 0.821 bits per heavy atom. The first kappa shape index (κ1) is 54.2. The van der Waals surface area contributed by atoms with Gasteiger partial charge in [-0.2, -0.15) is 0 Å². The molecule has 21 heteroatoms. The maximum atomic E-state index is 14.3. The largest absolute Gasteiger partial charge is 0.477 e. The highest BCUT2D eigenvalue weighted by Crippen LogP contribution is 2.42. The number of thiazole rings is 1. The molecule has 5 aromatic rings. The van der Waals surface area contributed by atoms with E-state index in [0.29, 0.717) is 90.3 Å². The van der Waals surface area contributed by atoms with Crippen LogP contribution in [0.3, 0.4) is 0 Å². The predicted molar refractivity (Wildman–Crippen MR) is 295 cm³/mol. The minimum absolute atomic E-state index is 0.0105. The molecular weight excluding hydrogens is 1040 g/mol. The van der Waals surface area contributed by atoms with E-state index in [0.717, 1.165) is 59.6 Å². The molecule has 4 aliphatic heterocycles. The number of piperidine rings is 3. The number of nitrogens with zero attached hydrogens (tertiary/aromatic N) is 4. The molecule has 5 aliphatic rings. The van der Waals surface area contributed by atoms with Crippen molar-refractivity contribution in [2.24, 2.45) is 17.8 Å². The lowest BCUT2D eigenvalue weighted by Crippen LogP contribution is -2.58. The standard InChI is InChI=1S/C57H65ClN10O9S/c1-59-56(75)57(77-46-8-3-2-5-40(46)54-65-45-7-4-6-43(58)50(45)78-54)20-27-68(28-21-57)55(74)42-31-49(70)64-44-15-13-38(30-41(42)44)76-33-63-52(72)36-11-9-35(10-12-36)51(71)62-24-23-60-32-34-18-25-67(26-19-34)47-29-37(17-22-61-47)39-14-16-48(69)66-53(39)73/h2-8,13,15,17,22,29-30,34-36,39,42,60H,9-12,14,16,18-21,23-28,31-33H2,1H3,(H,59,75)(H,62,71)(H,63,72)(H,64,70)(H,66,69,73)/t35?,36?,39?,42-/m0/s1. The highest BCUT2D eigenvalue weighted by Gasteiger charge is 2.46. The van der Waals surface area contributed by atoms with Crippen LogP contribution in [0.1, 0.15) is 93.6 Å². The van der Waals surface area contributed by atoms with Gasteiger partial charge in [0.05, 0.1) is 32.6 Å². The first-order chi connectivity index (χ1) is 37.8. The number of carbonyl (C=O) groups excluding carboxylic acids is 7. The molecule has 4 fully saturated rings. The average molecular weight is 1100 g/mol. The zero-order valence-electron chi connectivity index (χ0n) is 43.6. The number of likely N-dealkylation sites (tertiary alicyclic amines) is 1. The van der Waals surface area contributed by atoms with E-state index in [4.69, 9.17) is 26.1 Å². The Bertz CT molecular complexity index is 3080. The highest BCUT2D eigenvalue weighted by molar-refractivity contribution is 7.22. The summed E-state index contributed by atoms with van der Waals surface area (Å²) >= 11 is 7.93. The summed E-state index contributed by atoms with van der Waals surface area (Å²) in [5.41, 5.74) is 2.20. The fourth-order valence-corrected chi connectivity index (χ4v) is 12.8. The molecule has 6 heterocycles. The fourth-order valence-electron chi connectivity index (χ4n) is 11.5. The number of imide groups is 1. The average Bonchev–Trinajstić information content (AvgIpc) is 3.99. The Hall–Kier alpha value is -7.16. The maximum absolute atomic E-state index is 14.3. The third kappa shape index (κ3) is 12.2. The SMILES string of the molecule is CNC(=O)C1(Oc2ccccc2-c2nc3cccc(Cl)c3s2)CCN(C(=O)[C@H]2CC(=O)Nc3ccc(OCNC(=O)C4CCC(C(=O)NCCNCC5CCN(c6cc(C7CCC(=O)NC7=O)ccn6)CC5)CC4)cc32)CC1. The number of hydrogen-bond acceptors (Lipinski definition) is 14. The van der Waals surface area contributed by atoms with Gasteiger partial charge in [0, 0.05) is 95.7 Å². The topological polar surface area (TPSA) is 242 Å². The number of halogens is 1. The number of benzene rings is 3. The summed E-state index contributed by atoms with van der Waals surface area (Å²) in [5, 5.41) is 18.9. The van der Waals surface area contributed by atoms with Crippen LogP contribution in [0.2, 0.25) is 5.02 Å². The number of ether oxygens (including phenoxy) is 2. The smallest absolute Gasteiger partial charge is 0.264 e. The van der Waals surface area contributed by atoms with Crippen molar-refractivity contribution in [3.63, 3.8) is 0 Å². The molecule has 2 atom stereocenters. The number of likely N-dealkylation sites (N-methyl/N-ethyl adjacent to an activating group) is 1. The second-order valence-electron chi connectivity index (χ2n) is 20.9. The van der Waals surface area contributed by atoms with Crippen LogP contribution in [-0.2, 0) is 33.6 Å². The van der Waals surface area contributed by atoms with Crippen LogP contribution in [-0.4, -0.2) is 121 Å². The van der Waals surface area contributed by atoms with Gasteiger partial charge in [-0.3, -0.25) is 38.9 Å². The van der Waals surface area contributed by atoms with Crippen molar-refractivity contribution < 1.29 is 43.0 Å². The van der Waals surface area contributed by atoms with Gasteiger partial charge in [-0.1, -0.05) is 29.8 Å². The summed E-state index contributed by atoms with van der Waals surface area (Å²) in [6.45, 7) is 4.06. The normalized spacial score (nSPS) is 21.4. The lowest BCUT2D eigenvalue weighted by atomic mass is 9.81. The van der Waals surface area contributed by atoms with Crippen LogP contribution in [0.25, 0.3) is 20.8 Å². The van der Waals surface area contributed by atoms with E-state index in [1.807, 2.05) is 54.6 Å². The van der Waals surface area contributed by atoms with Crippen LogP contribution >= 0.6 is 22.9 Å². The van der Waals surface area contributed by atoms with Crippen molar-refractivity contribution in [2.45, 2.75) is 88.1 Å². The molecule has 410 valence electrons. The minimum atomic E-state index is -1.28. The fraction of sp³-hybridized carbons (Fsp3) is 0.456. The second kappa shape index (κ2) is 24.2. The third-order valence-corrected chi connectivity index (χ3v) is 17.6. The van der Waals surface area contributed by atoms with Gasteiger partial charge in [-0.05, 0) is 123 Å².